The minimum absolute atomic E-state index is 0.410. The van der Waals surface area contributed by atoms with Crippen LogP contribution < -0.4 is 0 Å². The number of benzene rings is 1. The second-order valence-electron chi connectivity index (χ2n) is 4.09. The van der Waals surface area contributed by atoms with Crippen LogP contribution in [0.3, 0.4) is 0 Å². The largest absolute Gasteiger partial charge is 0.296 e. The number of rotatable bonds is 4. The van der Waals surface area contributed by atoms with Crippen molar-refractivity contribution in [2.45, 2.75) is 13.1 Å². The van der Waals surface area contributed by atoms with Crippen LogP contribution in [0.4, 0.5) is 0 Å². The average Bonchev–Trinajstić information content (AvgIpc) is 2.35. The van der Waals surface area contributed by atoms with E-state index in [0.717, 1.165) is 22.8 Å². The van der Waals surface area contributed by atoms with Crippen molar-refractivity contribution < 1.29 is 0 Å². The molecule has 0 aliphatic carbocycles. The van der Waals surface area contributed by atoms with Crippen molar-refractivity contribution in [1.82, 2.24) is 14.9 Å². The number of hydrogen-bond acceptors (Lipinski definition) is 3. The first-order valence-corrected chi connectivity index (χ1v) is 6.29. The van der Waals surface area contributed by atoms with Gasteiger partial charge >= 0.3 is 0 Å². The van der Waals surface area contributed by atoms with Crippen molar-refractivity contribution in [2.24, 2.45) is 0 Å². The molecule has 94 valence electrons. The quantitative estimate of drug-likeness (QED) is 0.860. The third-order valence-corrected chi connectivity index (χ3v) is 3.07. The number of nitrogens with zero attached hydrogens (tertiary/aromatic N) is 3. The third-order valence-electron chi connectivity index (χ3n) is 2.50. The smallest absolute Gasteiger partial charge is 0.147 e. The first kappa shape index (κ1) is 13.3. The molecule has 5 heteroatoms. The zero-order chi connectivity index (χ0) is 13.0. The fourth-order valence-electron chi connectivity index (χ4n) is 1.67. The van der Waals surface area contributed by atoms with Gasteiger partial charge in [0, 0.05) is 18.1 Å². The Bertz CT molecular complexity index is 514. The highest BCUT2D eigenvalue weighted by Gasteiger charge is 2.05. The van der Waals surface area contributed by atoms with Gasteiger partial charge in [-0.05, 0) is 18.7 Å². The highest BCUT2D eigenvalue weighted by molar-refractivity contribution is 6.31. The molecule has 0 radical (unpaired) electrons. The summed E-state index contributed by atoms with van der Waals surface area (Å²) in [7, 11) is 2.01. The Morgan fingerprint density at radius 2 is 1.83 bits per heavy atom. The van der Waals surface area contributed by atoms with Gasteiger partial charge in [0.25, 0.3) is 0 Å². The number of hydrogen-bond donors (Lipinski definition) is 0. The predicted octanol–water partition coefficient (Wildman–Crippen LogP) is 3.42. The Kier molecular flexibility index (Phi) is 4.53. The summed E-state index contributed by atoms with van der Waals surface area (Å²) in [6.07, 6.45) is 3.24. The van der Waals surface area contributed by atoms with Crippen molar-refractivity contribution in [2.75, 3.05) is 7.05 Å². The summed E-state index contributed by atoms with van der Waals surface area (Å²) < 4.78 is 0. The summed E-state index contributed by atoms with van der Waals surface area (Å²) in [5.74, 6) is 0. The minimum atomic E-state index is 0.410. The zero-order valence-electron chi connectivity index (χ0n) is 9.98. The van der Waals surface area contributed by atoms with Gasteiger partial charge in [0.15, 0.2) is 0 Å². The Balaban J connectivity index is 1.99. The van der Waals surface area contributed by atoms with E-state index in [9.17, 15) is 0 Å². The summed E-state index contributed by atoms with van der Waals surface area (Å²) in [6, 6.07) is 7.83. The van der Waals surface area contributed by atoms with E-state index >= 15 is 0 Å². The lowest BCUT2D eigenvalue weighted by Gasteiger charge is -2.16. The molecule has 0 saturated heterocycles. The van der Waals surface area contributed by atoms with Gasteiger partial charge in [0.1, 0.15) is 5.15 Å². The van der Waals surface area contributed by atoms with Gasteiger partial charge in [-0.2, -0.15) is 0 Å². The SMILES string of the molecule is CN(Cc1cnc(Cl)cn1)Cc1ccccc1Cl. The van der Waals surface area contributed by atoms with Crippen LogP contribution in [0.15, 0.2) is 36.7 Å². The molecule has 1 aromatic heterocycles. The zero-order valence-corrected chi connectivity index (χ0v) is 11.5. The maximum absolute atomic E-state index is 6.12. The van der Waals surface area contributed by atoms with Crippen LogP contribution in [0.25, 0.3) is 0 Å². The molecule has 2 aromatic rings. The molecule has 0 saturated carbocycles. The average molecular weight is 282 g/mol. The lowest BCUT2D eigenvalue weighted by Crippen LogP contribution is -2.18. The minimum Gasteiger partial charge on any atom is -0.296 e. The second kappa shape index (κ2) is 6.14. The first-order chi connectivity index (χ1) is 8.65. The molecular weight excluding hydrogens is 269 g/mol. The molecule has 0 spiro atoms. The molecule has 0 amide bonds. The molecule has 0 aliphatic rings. The van der Waals surface area contributed by atoms with Crippen LogP contribution in [-0.2, 0) is 13.1 Å². The van der Waals surface area contributed by atoms with Gasteiger partial charge in [-0.25, -0.2) is 4.98 Å². The van der Waals surface area contributed by atoms with E-state index < -0.39 is 0 Å². The van der Waals surface area contributed by atoms with Gasteiger partial charge < -0.3 is 0 Å². The van der Waals surface area contributed by atoms with Crippen molar-refractivity contribution in [3.05, 3.63) is 58.1 Å². The van der Waals surface area contributed by atoms with Gasteiger partial charge in [0.05, 0.1) is 18.1 Å². The van der Waals surface area contributed by atoms with E-state index in [-0.39, 0.29) is 0 Å². The van der Waals surface area contributed by atoms with Gasteiger partial charge in [-0.15, -0.1) is 0 Å². The monoisotopic (exact) mass is 281 g/mol. The molecule has 3 nitrogen and oxygen atoms in total. The fourth-order valence-corrected chi connectivity index (χ4v) is 1.96. The van der Waals surface area contributed by atoms with Crippen molar-refractivity contribution in [3.8, 4) is 0 Å². The summed E-state index contributed by atoms with van der Waals surface area (Å²) in [5, 5.41) is 1.19. The van der Waals surface area contributed by atoms with Crippen LogP contribution in [0.5, 0.6) is 0 Å². The van der Waals surface area contributed by atoms with Crippen LogP contribution >= 0.6 is 23.2 Å². The van der Waals surface area contributed by atoms with Gasteiger partial charge in [0.2, 0.25) is 0 Å². The summed E-state index contributed by atoms with van der Waals surface area (Å²) >= 11 is 11.8. The normalized spacial score (nSPS) is 10.9. The lowest BCUT2D eigenvalue weighted by atomic mass is 10.2. The Hall–Kier alpha value is -1.16. The second-order valence-corrected chi connectivity index (χ2v) is 4.89. The standard InChI is InChI=1S/C13H13Cl2N3/c1-18(8-10-4-2-3-5-12(10)14)9-11-6-17-13(15)7-16-11/h2-7H,8-9H2,1H3. The fraction of sp³-hybridized carbons (Fsp3) is 0.231. The molecule has 1 heterocycles. The third kappa shape index (κ3) is 3.67. The van der Waals surface area contributed by atoms with E-state index in [1.165, 1.54) is 0 Å². The first-order valence-electron chi connectivity index (χ1n) is 5.53. The van der Waals surface area contributed by atoms with Crippen LogP contribution in [0.1, 0.15) is 11.3 Å². The Morgan fingerprint density at radius 1 is 1.06 bits per heavy atom. The highest BCUT2D eigenvalue weighted by Crippen LogP contribution is 2.17. The maximum Gasteiger partial charge on any atom is 0.147 e. The highest BCUT2D eigenvalue weighted by atomic mass is 35.5. The van der Waals surface area contributed by atoms with E-state index in [0.29, 0.717) is 11.7 Å². The van der Waals surface area contributed by atoms with Crippen molar-refractivity contribution in [1.29, 1.82) is 0 Å². The van der Waals surface area contributed by atoms with Crippen LogP contribution in [0, 0.1) is 0 Å². The van der Waals surface area contributed by atoms with E-state index in [4.69, 9.17) is 23.2 Å². The molecule has 2 rings (SSSR count). The van der Waals surface area contributed by atoms with E-state index in [1.54, 1.807) is 12.4 Å². The summed E-state index contributed by atoms with van der Waals surface area (Å²) in [6.45, 7) is 1.47. The predicted molar refractivity (Wildman–Crippen MR) is 73.7 cm³/mol. The molecule has 1 aromatic carbocycles. The molecule has 0 N–H and O–H groups in total. The molecule has 0 fully saturated rings. The molecule has 0 bridgehead atoms. The Morgan fingerprint density at radius 3 is 2.50 bits per heavy atom. The summed E-state index contributed by atoms with van der Waals surface area (Å²) in [5.41, 5.74) is 1.98. The van der Waals surface area contributed by atoms with Crippen molar-refractivity contribution >= 4 is 23.2 Å². The molecule has 0 unspecified atom stereocenters. The summed E-state index contributed by atoms with van der Waals surface area (Å²) in [4.78, 5) is 10.3. The molecule has 0 atom stereocenters. The number of halogens is 2. The lowest BCUT2D eigenvalue weighted by molar-refractivity contribution is 0.314. The van der Waals surface area contributed by atoms with Crippen LogP contribution in [-0.4, -0.2) is 21.9 Å². The van der Waals surface area contributed by atoms with Gasteiger partial charge in [-0.3, -0.25) is 9.88 Å². The Labute approximate surface area is 116 Å². The number of aromatic nitrogens is 2. The van der Waals surface area contributed by atoms with E-state index in [2.05, 4.69) is 14.9 Å². The molecular formula is C13H13Cl2N3. The maximum atomic E-state index is 6.12. The topological polar surface area (TPSA) is 29.0 Å². The molecule has 18 heavy (non-hydrogen) atoms. The van der Waals surface area contributed by atoms with E-state index in [1.807, 2.05) is 31.3 Å². The van der Waals surface area contributed by atoms with Gasteiger partial charge in [-0.1, -0.05) is 41.4 Å². The molecule has 0 aliphatic heterocycles. The van der Waals surface area contributed by atoms with Crippen molar-refractivity contribution in [3.63, 3.8) is 0 Å². The van der Waals surface area contributed by atoms with Crippen LogP contribution in [0.2, 0.25) is 10.2 Å².